The number of hydrogen-bond donors (Lipinski definition) is 1. The maximum atomic E-state index is 14.5. The van der Waals surface area contributed by atoms with E-state index in [9.17, 15) is 18.4 Å². The Bertz CT molecular complexity index is 1140. The largest absolute Gasteiger partial charge is 0.322 e. The van der Waals surface area contributed by atoms with Gasteiger partial charge in [-0.15, -0.1) is 11.8 Å². The lowest BCUT2D eigenvalue weighted by atomic mass is 10.1. The summed E-state index contributed by atoms with van der Waals surface area (Å²) < 4.78 is 28.3. The molecule has 1 aliphatic rings. The number of aryl methyl sites for hydroxylation is 1. The Morgan fingerprint density at radius 1 is 1.03 bits per heavy atom. The van der Waals surface area contributed by atoms with Gasteiger partial charge in [0.1, 0.15) is 17.0 Å². The molecule has 3 aromatic carbocycles. The highest BCUT2D eigenvalue weighted by molar-refractivity contribution is 8.00. The first-order valence-electron chi connectivity index (χ1n) is 9.29. The highest BCUT2D eigenvalue weighted by Gasteiger charge is 2.35. The predicted molar refractivity (Wildman–Crippen MR) is 115 cm³/mol. The van der Waals surface area contributed by atoms with Gasteiger partial charge in [0, 0.05) is 5.69 Å². The van der Waals surface area contributed by atoms with Crippen molar-refractivity contribution in [3.8, 4) is 0 Å². The molecule has 1 N–H and O–H groups in total. The molecule has 0 spiro atoms. The van der Waals surface area contributed by atoms with Crippen molar-refractivity contribution in [1.82, 2.24) is 0 Å². The quantitative estimate of drug-likeness (QED) is 0.618. The number of benzene rings is 3. The average molecular weight is 424 g/mol. The van der Waals surface area contributed by atoms with Crippen LogP contribution in [0.5, 0.6) is 0 Å². The van der Waals surface area contributed by atoms with E-state index in [1.807, 2.05) is 13.0 Å². The zero-order valence-corrected chi connectivity index (χ0v) is 16.9. The molecule has 1 fully saturated rings. The Morgan fingerprint density at radius 2 is 1.83 bits per heavy atom. The van der Waals surface area contributed by atoms with E-state index in [1.165, 1.54) is 40.9 Å². The van der Waals surface area contributed by atoms with Gasteiger partial charge in [-0.25, -0.2) is 8.78 Å². The summed E-state index contributed by atoms with van der Waals surface area (Å²) in [5, 5.41) is 2.25. The monoisotopic (exact) mass is 424 g/mol. The van der Waals surface area contributed by atoms with Crippen LogP contribution in [-0.2, 0) is 4.79 Å². The summed E-state index contributed by atoms with van der Waals surface area (Å²) in [4.78, 5) is 26.4. The van der Waals surface area contributed by atoms with E-state index in [4.69, 9.17) is 0 Å². The number of nitrogens with zero attached hydrogens (tertiary/aromatic N) is 1. The molecule has 4 nitrogen and oxygen atoms in total. The minimum absolute atomic E-state index is 0.0585. The number of rotatable bonds is 4. The van der Waals surface area contributed by atoms with Gasteiger partial charge in [-0.3, -0.25) is 14.5 Å². The topological polar surface area (TPSA) is 49.4 Å². The lowest BCUT2D eigenvalue weighted by Crippen LogP contribution is -2.28. The summed E-state index contributed by atoms with van der Waals surface area (Å²) in [6.45, 7) is 1.84. The number of nitrogens with one attached hydrogen (secondary N) is 1. The normalized spacial score (nSPS) is 16.0. The molecule has 1 atom stereocenters. The van der Waals surface area contributed by atoms with Crippen molar-refractivity contribution in [1.29, 1.82) is 0 Å². The van der Waals surface area contributed by atoms with Gasteiger partial charge in [0.05, 0.1) is 17.0 Å². The standard InChI is InChI=1S/C23H18F2N2O2S/c1-14-9-10-19(25)20(11-14)27-21(28)13-30-23(27)15-5-4-6-16(12-15)26-22(29)17-7-2-3-8-18(17)24/h2-12,23H,13H2,1H3,(H,26,29)/t23-/m1/s1. The molecule has 3 aromatic rings. The molecule has 1 saturated heterocycles. The fraction of sp³-hybridized carbons (Fsp3) is 0.130. The fourth-order valence-electron chi connectivity index (χ4n) is 3.35. The van der Waals surface area contributed by atoms with Crippen molar-refractivity contribution in [2.75, 3.05) is 16.0 Å². The van der Waals surface area contributed by atoms with E-state index in [-0.39, 0.29) is 22.9 Å². The number of carbonyl (C=O) groups is 2. The van der Waals surface area contributed by atoms with Gasteiger partial charge in [-0.2, -0.15) is 0 Å². The molecule has 1 heterocycles. The average Bonchev–Trinajstić information content (AvgIpc) is 3.11. The molecular formula is C23H18F2N2O2S. The number of amides is 2. The molecule has 1 aliphatic heterocycles. The number of thioether (sulfide) groups is 1. The number of anilines is 2. The van der Waals surface area contributed by atoms with Crippen LogP contribution in [0.25, 0.3) is 0 Å². The van der Waals surface area contributed by atoms with E-state index in [0.29, 0.717) is 5.69 Å². The third kappa shape index (κ3) is 3.93. The molecule has 0 radical (unpaired) electrons. The minimum atomic E-state index is -0.607. The van der Waals surface area contributed by atoms with Crippen LogP contribution in [-0.4, -0.2) is 17.6 Å². The molecule has 30 heavy (non-hydrogen) atoms. The molecular weight excluding hydrogens is 406 g/mol. The molecule has 152 valence electrons. The van der Waals surface area contributed by atoms with Crippen LogP contribution in [0.2, 0.25) is 0 Å². The summed E-state index contributed by atoms with van der Waals surface area (Å²) in [5.41, 5.74) is 2.22. The van der Waals surface area contributed by atoms with E-state index in [1.54, 1.807) is 36.4 Å². The lowest BCUT2D eigenvalue weighted by molar-refractivity contribution is -0.115. The Balaban J connectivity index is 1.63. The maximum absolute atomic E-state index is 14.5. The van der Waals surface area contributed by atoms with Crippen LogP contribution in [0, 0.1) is 18.6 Å². The molecule has 0 bridgehead atoms. The van der Waals surface area contributed by atoms with Gasteiger partial charge in [-0.1, -0.05) is 30.3 Å². The van der Waals surface area contributed by atoms with Gasteiger partial charge in [0.15, 0.2) is 0 Å². The van der Waals surface area contributed by atoms with Gasteiger partial charge in [-0.05, 0) is 54.4 Å². The summed E-state index contributed by atoms with van der Waals surface area (Å²) in [5.74, 6) is -1.60. The van der Waals surface area contributed by atoms with Crippen molar-refractivity contribution in [3.63, 3.8) is 0 Å². The molecule has 7 heteroatoms. The van der Waals surface area contributed by atoms with Gasteiger partial charge in [0.2, 0.25) is 5.91 Å². The van der Waals surface area contributed by atoms with Crippen molar-refractivity contribution < 1.29 is 18.4 Å². The second kappa shape index (κ2) is 8.28. The highest BCUT2D eigenvalue weighted by Crippen LogP contribution is 2.43. The van der Waals surface area contributed by atoms with Crippen LogP contribution >= 0.6 is 11.8 Å². The zero-order chi connectivity index (χ0) is 21.3. The van der Waals surface area contributed by atoms with Gasteiger partial charge >= 0.3 is 0 Å². The van der Waals surface area contributed by atoms with Crippen molar-refractivity contribution in [3.05, 3.63) is 95.1 Å². The Hall–Kier alpha value is -3.19. The SMILES string of the molecule is Cc1ccc(F)c(N2C(=O)CS[C@@H]2c2cccc(NC(=O)c3ccccc3F)c2)c1. The molecule has 0 saturated carbocycles. The number of halogens is 2. The zero-order valence-electron chi connectivity index (χ0n) is 16.1. The number of hydrogen-bond acceptors (Lipinski definition) is 3. The first-order valence-corrected chi connectivity index (χ1v) is 10.3. The van der Waals surface area contributed by atoms with E-state index in [0.717, 1.165) is 11.1 Å². The summed E-state index contributed by atoms with van der Waals surface area (Å²) in [6.07, 6.45) is 0. The van der Waals surface area contributed by atoms with Crippen LogP contribution in [0.1, 0.15) is 26.9 Å². The number of carbonyl (C=O) groups excluding carboxylic acids is 2. The summed E-state index contributed by atoms with van der Waals surface area (Å²) in [7, 11) is 0. The molecule has 0 aromatic heterocycles. The third-order valence-corrected chi connectivity index (χ3v) is 5.99. The van der Waals surface area contributed by atoms with Gasteiger partial charge < -0.3 is 5.32 Å². The molecule has 0 aliphatic carbocycles. The van der Waals surface area contributed by atoms with Crippen molar-refractivity contribution in [2.45, 2.75) is 12.3 Å². The lowest BCUT2D eigenvalue weighted by Gasteiger charge is -2.25. The second-order valence-electron chi connectivity index (χ2n) is 6.94. The van der Waals surface area contributed by atoms with Crippen LogP contribution in [0.4, 0.5) is 20.2 Å². The molecule has 4 rings (SSSR count). The van der Waals surface area contributed by atoms with Gasteiger partial charge in [0.25, 0.3) is 5.91 Å². The highest BCUT2D eigenvalue weighted by atomic mass is 32.2. The Labute approximate surface area is 176 Å². The minimum Gasteiger partial charge on any atom is -0.322 e. The summed E-state index contributed by atoms with van der Waals surface area (Å²) >= 11 is 1.38. The van der Waals surface area contributed by atoms with E-state index in [2.05, 4.69) is 5.32 Å². The Morgan fingerprint density at radius 3 is 2.63 bits per heavy atom. The van der Waals surface area contributed by atoms with Crippen LogP contribution < -0.4 is 10.2 Å². The van der Waals surface area contributed by atoms with E-state index < -0.39 is 22.9 Å². The van der Waals surface area contributed by atoms with Crippen molar-refractivity contribution >= 4 is 35.0 Å². The second-order valence-corrected chi connectivity index (χ2v) is 8.01. The van der Waals surface area contributed by atoms with Crippen molar-refractivity contribution in [2.24, 2.45) is 0 Å². The predicted octanol–water partition coefficient (Wildman–Crippen LogP) is 5.30. The third-order valence-electron chi connectivity index (χ3n) is 4.78. The molecule has 0 unspecified atom stereocenters. The maximum Gasteiger partial charge on any atom is 0.258 e. The summed E-state index contributed by atoms with van der Waals surface area (Å²) in [6, 6.07) is 17.3. The Kier molecular flexibility index (Phi) is 5.55. The van der Waals surface area contributed by atoms with Crippen LogP contribution in [0.15, 0.2) is 66.7 Å². The van der Waals surface area contributed by atoms with Crippen LogP contribution in [0.3, 0.4) is 0 Å². The van der Waals surface area contributed by atoms with E-state index >= 15 is 0 Å². The first-order chi connectivity index (χ1) is 14.4. The molecule has 2 amide bonds. The smallest absolute Gasteiger partial charge is 0.258 e. The first kappa shape index (κ1) is 20.1. The fourth-order valence-corrected chi connectivity index (χ4v) is 4.51.